The van der Waals surface area contributed by atoms with Crippen LogP contribution < -0.4 is 5.32 Å². The maximum absolute atomic E-state index is 10.1. The van der Waals surface area contributed by atoms with E-state index in [-0.39, 0.29) is 5.41 Å². The first-order chi connectivity index (χ1) is 7.41. The molecule has 2 rings (SSSR count). The molecule has 0 amide bonds. The van der Waals surface area contributed by atoms with Gasteiger partial charge in [-0.25, -0.2) is 0 Å². The molecule has 0 aromatic heterocycles. The van der Waals surface area contributed by atoms with Crippen molar-refractivity contribution in [2.75, 3.05) is 11.9 Å². The minimum Gasteiger partial charge on any atom is -0.505 e. The Hall–Kier alpha value is -1.18. The lowest BCUT2D eigenvalue weighted by molar-refractivity contribution is 0.469. The van der Waals surface area contributed by atoms with Crippen LogP contribution in [0.1, 0.15) is 43.9 Å². The van der Waals surface area contributed by atoms with Gasteiger partial charge in [-0.05, 0) is 41.9 Å². The second-order valence-corrected chi connectivity index (χ2v) is 5.72. The van der Waals surface area contributed by atoms with Crippen LogP contribution in [-0.2, 0) is 11.8 Å². The Labute approximate surface area is 97.7 Å². The smallest absolute Gasteiger partial charge is 0.141 e. The third-order valence-electron chi connectivity index (χ3n) is 3.31. The molecule has 1 aromatic rings. The number of benzene rings is 1. The van der Waals surface area contributed by atoms with Crippen LogP contribution in [0.4, 0.5) is 5.69 Å². The molecule has 1 aliphatic heterocycles. The first-order valence-corrected chi connectivity index (χ1v) is 6.01. The number of rotatable bonds is 0. The number of fused-ring (bicyclic) bond motifs is 1. The van der Waals surface area contributed by atoms with Gasteiger partial charge in [-0.2, -0.15) is 0 Å². The Bertz CT molecular complexity index is 416. The third kappa shape index (κ3) is 1.77. The van der Waals surface area contributed by atoms with Crippen molar-refractivity contribution in [3.8, 4) is 5.75 Å². The van der Waals surface area contributed by atoms with Crippen molar-refractivity contribution < 1.29 is 5.11 Å². The van der Waals surface area contributed by atoms with Crippen molar-refractivity contribution in [2.45, 2.75) is 46.0 Å². The van der Waals surface area contributed by atoms with Crippen LogP contribution in [0, 0.1) is 6.92 Å². The first-order valence-electron chi connectivity index (χ1n) is 6.01. The second-order valence-electron chi connectivity index (χ2n) is 5.72. The summed E-state index contributed by atoms with van der Waals surface area (Å²) in [5.41, 5.74) is 4.75. The standard InChI is InChI=1S/C14H21NO/c1-9-8-11(14(2,3)4)10-6-5-7-15-12(10)13(9)16/h8,15-16H,5-7H2,1-4H3. The van der Waals surface area contributed by atoms with Crippen molar-refractivity contribution in [1.82, 2.24) is 0 Å². The molecule has 0 fully saturated rings. The molecule has 16 heavy (non-hydrogen) atoms. The molecule has 0 bridgehead atoms. The lowest BCUT2D eigenvalue weighted by Gasteiger charge is -2.29. The van der Waals surface area contributed by atoms with E-state index in [0.717, 1.165) is 30.6 Å². The van der Waals surface area contributed by atoms with Gasteiger partial charge in [-0.1, -0.05) is 26.8 Å². The Morgan fingerprint density at radius 2 is 2.00 bits per heavy atom. The monoisotopic (exact) mass is 219 g/mol. The topological polar surface area (TPSA) is 32.3 Å². The highest BCUT2D eigenvalue weighted by molar-refractivity contribution is 5.68. The van der Waals surface area contributed by atoms with Gasteiger partial charge in [0.05, 0.1) is 5.69 Å². The summed E-state index contributed by atoms with van der Waals surface area (Å²) in [7, 11) is 0. The molecule has 2 heteroatoms. The van der Waals surface area contributed by atoms with Gasteiger partial charge in [-0.15, -0.1) is 0 Å². The molecule has 2 nitrogen and oxygen atoms in total. The predicted molar refractivity (Wildman–Crippen MR) is 68.4 cm³/mol. The van der Waals surface area contributed by atoms with E-state index in [4.69, 9.17) is 0 Å². The minimum absolute atomic E-state index is 0.140. The number of aryl methyl sites for hydroxylation is 1. The number of hydrogen-bond donors (Lipinski definition) is 2. The van der Waals surface area contributed by atoms with E-state index >= 15 is 0 Å². The summed E-state index contributed by atoms with van der Waals surface area (Å²) in [5, 5.41) is 13.4. The number of aromatic hydroxyl groups is 1. The number of hydrogen-bond acceptors (Lipinski definition) is 2. The van der Waals surface area contributed by atoms with Crippen LogP contribution in [-0.4, -0.2) is 11.7 Å². The zero-order chi connectivity index (χ0) is 11.9. The fourth-order valence-electron chi connectivity index (χ4n) is 2.44. The van der Waals surface area contributed by atoms with Crippen molar-refractivity contribution in [3.63, 3.8) is 0 Å². The molecule has 0 aliphatic carbocycles. The van der Waals surface area contributed by atoms with E-state index in [0.29, 0.717) is 5.75 Å². The van der Waals surface area contributed by atoms with Gasteiger partial charge in [0.25, 0.3) is 0 Å². The molecule has 0 radical (unpaired) electrons. The minimum atomic E-state index is 0.140. The van der Waals surface area contributed by atoms with Crippen LogP contribution in [0.25, 0.3) is 0 Å². The molecule has 1 heterocycles. The predicted octanol–water partition coefficient (Wildman–Crippen LogP) is 3.36. The van der Waals surface area contributed by atoms with Crippen molar-refractivity contribution in [3.05, 3.63) is 22.8 Å². The van der Waals surface area contributed by atoms with E-state index in [1.165, 1.54) is 11.1 Å². The van der Waals surface area contributed by atoms with Crippen LogP contribution >= 0.6 is 0 Å². The van der Waals surface area contributed by atoms with Gasteiger partial charge in [0, 0.05) is 6.54 Å². The summed E-state index contributed by atoms with van der Waals surface area (Å²) in [6, 6.07) is 2.14. The van der Waals surface area contributed by atoms with Crippen molar-refractivity contribution in [2.24, 2.45) is 0 Å². The Morgan fingerprint density at radius 3 is 2.62 bits per heavy atom. The molecule has 1 aliphatic rings. The molecule has 0 unspecified atom stereocenters. The average Bonchev–Trinajstić information content (AvgIpc) is 2.22. The lowest BCUT2D eigenvalue weighted by Crippen LogP contribution is -2.20. The van der Waals surface area contributed by atoms with Gasteiger partial charge in [0.2, 0.25) is 0 Å². The maximum atomic E-state index is 10.1. The largest absolute Gasteiger partial charge is 0.505 e. The molecular weight excluding hydrogens is 198 g/mol. The van der Waals surface area contributed by atoms with Crippen LogP contribution in [0.3, 0.4) is 0 Å². The Kier molecular flexibility index (Phi) is 2.61. The van der Waals surface area contributed by atoms with Crippen LogP contribution in [0.2, 0.25) is 0 Å². The van der Waals surface area contributed by atoms with E-state index < -0.39 is 0 Å². The van der Waals surface area contributed by atoms with E-state index in [1.54, 1.807) is 0 Å². The van der Waals surface area contributed by atoms with E-state index in [2.05, 4.69) is 32.2 Å². The first kappa shape index (κ1) is 11.3. The second kappa shape index (κ2) is 3.69. The third-order valence-corrected chi connectivity index (χ3v) is 3.31. The summed E-state index contributed by atoms with van der Waals surface area (Å²) in [4.78, 5) is 0. The molecule has 88 valence electrons. The number of nitrogens with one attached hydrogen (secondary N) is 1. The van der Waals surface area contributed by atoms with Crippen molar-refractivity contribution >= 4 is 5.69 Å². The summed E-state index contributed by atoms with van der Waals surface area (Å²) in [6.07, 6.45) is 2.22. The summed E-state index contributed by atoms with van der Waals surface area (Å²) < 4.78 is 0. The summed E-state index contributed by atoms with van der Waals surface area (Å²) in [6.45, 7) is 9.63. The Balaban J connectivity index is 2.67. The normalized spacial score (nSPS) is 15.5. The fraction of sp³-hybridized carbons (Fsp3) is 0.571. The van der Waals surface area contributed by atoms with Gasteiger partial charge >= 0.3 is 0 Å². The average molecular weight is 219 g/mol. The fourth-order valence-corrected chi connectivity index (χ4v) is 2.44. The summed E-state index contributed by atoms with van der Waals surface area (Å²) in [5.74, 6) is 0.433. The Morgan fingerprint density at radius 1 is 1.31 bits per heavy atom. The van der Waals surface area contributed by atoms with Crippen LogP contribution in [0.15, 0.2) is 6.07 Å². The molecule has 0 saturated carbocycles. The zero-order valence-electron chi connectivity index (χ0n) is 10.6. The SMILES string of the molecule is Cc1cc(C(C)(C)C)c2c(c1O)NCCC2. The number of anilines is 1. The molecule has 0 atom stereocenters. The van der Waals surface area contributed by atoms with E-state index in [1.807, 2.05) is 6.92 Å². The highest BCUT2D eigenvalue weighted by Gasteiger charge is 2.25. The van der Waals surface area contributed by atoms with Crippen molar-refractivity contribution in [1.29, 1.82) is 0 Å². The molecular formula is C14H21NO. The molecule has 0 spiro atoms. The number of phenols is 1. The van der Waals surface area contributed by atoms with Gasteiger partial charge < -0.3 is 10.4 Å². The molecule has 0 saturated heterocycles. The zero-order valence-corrected chi connectivity index (χ0v) is 10.6. The maximum Gasteiger partial charge on any atom is 0.141 e. The quantitative estimate of drug-likeness (QED) is 0.656. The van der Waals surface area contributed by atoms with E-state index in [9.17, 15) is 5.11 Å². The van der Waals surface area contributed by atoms with Gasteiger partial charge in [0.15, 0.2) is 0 Å². The summed E-state index contributed by atoms with van der Waals surface area (Å²) >= 11 is 0. The van der Waals surface area contributed by atoms with Gasteiger partial charge in [-0.3, -0.25) is 0 Å². The van der Waals surface area contributed by atoms with Gasteiger partial charge in [0.1, 0.15) is 5.75 Å². The highest BCUT2D eigenvalue weighted by atomic mass is 16.3. The lowest BCUT2D eigenvalue weighted by atomic mass is 9.80. The molecule has 2 N–H and O–H groups in total. The van der Waals surface area contributed by atoms with Crippen LogP contribution in [0.5, 0.6) is 5.75 Å². The number of phenolic OH excluding ortho intramolecular Hbond substituents is 1. The molecule has 1 aromatic carbocycles. The highest BCUT2D eigenvalue weighted by Crippen LogP contribution is 2.40.